The van der Waals surface area contributed by atoms with Crippen LogP contribution in [0.5, 0.6) is 5.75 Å². The maximum absolute atomic E-state index is 12.9. The molecule has 0 aliphatic carbocycles. The topological polar surface area (TPSA) is 79.0 Å². The van der Waals surface area contributed by atoms with E-state index in [2.05, 4.69) is 26.1 Å². The van der Waals surface area contributed by atoms with Crippen molar-refractivity contribution in [2.75, 3.05) is 38.5 Å². The number of ether oxygens (including phenoxy) is 1. The Labute approximate surface area is 143 Å². The van der Waals surface area contributed by atoms with Gasteiger partial charge in [-0.25, -0.2) is 8.42 Å². The van der Waals surface area contributed by atoms with Gasteiger partial charge in [-0.2, -0.15) is 4.31 Å². The number of benzene rings is 1. The molecule has 0 saturated carbocycles. The molecule has 0 aromatic heterocycles. The van der Waals surface area contributed by atoms with Crippen molar-refractivity contribution in [3.63, 3.8) is 0 Å². The standard InChI is InChI=1S/C14H18BrN3O4S/c1-9-14(19)16-11-7-10(15)13(8-12(11)22-9)23(20,21)18-5-3-17(2)4-6-18/h7-9H,3-6H2,1-2H3,(H,16,19). The van der Waals surface area contributed by atoms with Gasteiger partial charge in [0.25, 0.3) is 5.91 Å². The summed E-state index contributed by atoms with van der Waals surface area (Å²) in [6.07, 6.45) is -0.650. The Bertz CT molecular complexity index is 745. The predicted octanol–water partition coefficient (Wildman–Crippen LogP) is 1.10. The molecule has 1 saturated heterocycles. The lowest BCUT2D eigenvalue weighted by atomic mass is 10.2. The van der Waals surface area contributed by atoms with Crippen molar-refractivity contribution in [2.24, 2.45) is 0 Å². The van der Waals surface area contributed by atoms with Crippen molar-refractivity contribution in [1.82, 2.24) is 9.21 Å². The highest BCUT2D eigenvalue weighted by Crippen LogP contribution is 2.38. The molecule has 9 heteroatoms. The fourth-order valence-corrected chi connectivity index (χ4v) is 5.01. The van der Waals surface area contributed by atoms with Gasteiger partial charge in [-0.1, -0.05) is 0 Å². The first kappa shape index (κ1) is 16.7. The van der Waals surface area contributed by atoms with Crippen LogP contribution in [0.1, 0.15) is 6.92 Å². The number of nitrogens with zero attached hydrogens (tertiary/aromatic N) is 2. The van der Waals surface area contributed by atoms with Crippen molar-refractivity contribution in [3.05, 3.63) is 16.6 Å². The number of carbonyl (C=O) groups is 1. The van der Waals surface area contributed by atoms with Gasteiger partial charge in [0.1, 0.15) is 10.6 Å². The van der Waals surface area contributed by atoms with E-state index in [1.165, 1.54) is 10.4 Å². The van der Waals surface area contributed by atoms with Crippen LogP contribution in [0.15, 0.2) is 21.5 Å². The van der Waals surface area contributed by atoms with Gasteiger partial charge in [0.15, 0.2) is 6.10 Å². The van der Waals surface area contributed by atoms with Crippen molar-refractivity contribution >= 4 is 37.5 Å². The molecule has 2 aliphatic heterocycles. The van der Waals surface area contributed by atoms with Gasteiger partial charge in [0.2, 0.25) is 10.0 Å². The van der Waals surface area contributed by atoms with E-state index in [4.69, 9.17) is 4.74 Å². The molecule has 1 aromatic rings. The van der Waals surface area contributed by atoms with E-state index in [-0.39, 0.29) is 10.8 Å². The number of nitrogens with one attached hydrogen (secondary N) is 1. The molecule has 3 rings (SSSR count). The number of fused-ring (bicyclic) bond motifs is 1. The molecular weight excluding hydrogens is 386 g/mol. The van der Waals surface area contributed by atoms with E-state index in [1.807, 2.05) is 7.05 Å². The second-order valence-corrected chi connectivity index (χ2v) is 8.50. The third-order valence-electron chi connectivity index (χ3n) is 4.05. The van der Waals surface area contributed by atoms with Crippen LogP contribution in [0.25, 0.3) is 0 Å². The molecular formula is C14H18BrN3O4S. The maximum Gasteiger partial charge on any atom is 0.265 e. The van der Waals surface area contributed by atoms with Crippen molar-refractivity contribution in [2.45, 2.75) is 17.9 Å². The molecule has 1 unspecified atom stereocenters. The first-order chi connectivity index (χ1) is 10.8. The van der Waals surface area contributed by atoms with Crippen LogP contribution in [0.4, 0.5) is 5.69 Å². The number of hydrogen-bond donors (Lipinski definition) is 1. The van der Waals surface area contributed by atoms with Gasteiger partial charge in [-0.15, -0.1) is 0 Å². The van der Waals surface area contributed by atoms with E-state index in [9.17, 15) is 13.2 Å². The van der Waals surface area contributed by atoms with E-state index in [1.54, 1.807) is 13.0 Å². The molecule has 2 aliphatic rings. The van der Waals surface area contributed by atoms with E-state index in [0.29, 0.717) is 42.1 Å². The molecule has 1 atom stereocenters. The Morgan fingerprint density at radius 1 is 1.26 bits per heavy atom. The minimum absolute atomic E-state index is 0.157. The zero-order valence-electron chi connectivity index (χ0n) is 12.9. The molecule has 0 radical (unpaired) electrons. The Kier molecular flexibility index (Phi) is 4.39. The van der Waals surface area contributed by atoms with Crippen LogP contribution in [0, 0.1) is 0 Å². The monoisotopic (exact) mass is 403 g/mol. The summed E-state index contributed by atoms with van der Waals surface area (Å²) in [4.78, 5) is 13.9. The highest BCUT2D eigenvalue weighted by Gasteiger charge is 2.32. The summed E-state index contributed by atoms with van der Waals surface area (Å²) in [6.45, 7) is 3.93. The van der Waals surface area contributed by atoms with Crippen LogP contribution in [0.2, 0.25) is 0 Å². The van der Waals surface area contributed by atoms with E-state index >= 15 is 0 Å². The predicted molar refractivity (Wildman–Crippen MR) is 89.1 cm³/mol. The summed E-state index contributed by atoms with van der Waals surface area (Å²) < 4.78 is 33.2. The second-order valence-electron chi connectivity index (χ2n) is 5.74. The molecule has 1 N–H and O–H groups in total. The minimum atomic E-state index is -3.61. The van der Waals surface area contributed by atoms with Crippen molar-refractivity contribution in [1.29, 1.82) is 0 Å². The SMILES string of the molecule is CC1Oc2cc(S(=O)(=O)N3CCN(C)CC3)c(Br)cc2NC1=O. The van der Waals surface area contributed by atoms with Gasteiger partial charge in [-0.3, -0.25) is 4.79 Å². The first-order valence-corrected chi connectivity index (χ1v) is 9.52. The number of anilines is 1. The molecule has 126 valence electrons. The summed E-state index contributed by atoms with van der Waals surface area (Å²) in [6, 6.07) is 3.05. The molecule has 1 aromatic carbocycles. The van der Waals surface area contributed by atoms with Gasteiger partial charge in [0.05, 0.1) is 5.69 Å². The largest absolute Gasteiger partial charge is 0.479 e. The fraction of sp³-hybridized carbons (Fsp3) is 0.500. The molecule has 1 fully saturated rings. The molecule has 0 spiro atoms. The molecule has 7 nitrogen and oxygen atoms in total. The van der Waals surface area contributed by atoms with Crippen LogP contribution in [0.3, 0.4) is 0 Å². The summed E-state index contributed by atoms with van der Waals surface area (Å²) in [7, 11) is -1.64. The average molecular weight is 404 g/mol. The van der Waals surface area contributed by atoms with Crippen LogP contribution in [-0.4, -0.2) is 62.9 Å². The Morgan fingerprint density at radius 2 is 1.91 bits per heavy atom. The van der Waals surface area contributed by atoms with E-state index < -0.39 is 16.1 Å². The summed E-state index contributed by atoms with van der Waals surface area (Å²) in [5, 5.41) is 2.71. The average Bonchev–Trinajstić information content (AvgIpc) is 2.49. The highest BCUT2D eigenvalue weighted by molar-refractivity contribution is 9.10. The van der Waals surface area contributed by atoms with Crippen molar-refractivity contribution < 1.29 is 17.9 Å². The molecule has 1 amide bonds. The second kappa shape index (κ2) is 6.04. The van der Waals surface area contributed by atoms with Crippen molar-refractivity contribution in [3.8, 4) is 5.75 Å². The molecule has 0 bridgehead atoms. The minimum Gasteiger partial charge on any atom is -0.479 e. The molecule has 23 heavy (non-hydrogen) atoms. The Morgan fingerprint density at radius 3 is 2.57 bits per heavy atom. The van der Waals surface area contributed by atoms with Gasteiger partial charge < -0.3 is 15.0 Å². The van der Waals surface area contributed by atoms with Crippen LogP contribution in [-0.2, 0) is 14.8 Å². The zero-order chi connectivity index (χ0) is 16.8. The normalized spacial score (nSPS) is 23.1. The summed E-state index contributed by atoms with van der Waals surface area (Å²) >= 11 is 3.30. The zero-order valence-corrected chi connectivity index (χ0v) is 15.3. The Hall–Kier alpha value is -1.16. The number of halogens is 1. The maximum atomic E-state index is 12.9. The molecule has 2 heterocycles. The lowest BCUT2D eigenvalue weighted by molar-refractivity contribution is -0.122. The third kappa shape index (κ3) is 3.10. The van der Waals surface area contributed by atoms with Crippen LogP contribution < -0.4 is 10.1 Å². The highest BCUT2D eigenvalue weighted by atomic mass is 79.9. The van der Waals surface area contributed by atoms with Crippen LogP contribution >= 0.6 is 15.9 Å². The summed E-state index contributed by atoms with van der Waals surface area (Å²) in [5.41, 5.74) is 0.470. The number of carbonyl (C=O) groups excluding carboxylic acids is 1. The van der Waals surface area contributed by atoms with Gasteiger partial charge in [0, 0.05) is 36.7 Å². The third-order valence-corrected chi connectivity index (χ3v) is 6.90. The first-order valence-electron chi connectivity index (χ1n) is 7.29. The Balaban J connectivity index is 1.97. The number of rotatable bonds is 2. The number of likely N-dealkylation sites (N-methyl/N-ethyl adjacent to an activating group) is 1. The number of sulfonamides is 1. The quantitative estimate of drug-likeness (QED) is 0.799. The lowest BCUT2D eigenvalue weighted by Gasteiger charge is -2.32. The number of piperazine rings is 1. The van der Waals surface area contributed by atoms with Gasteiger partial charge >= 0.3 is 0 Å². The fourth-order valence-electron chi connectivity index (χ4n) is 2.57. The number of amides is 1. The lowest BCUT2D eigenvalue weighted by Crippen LogP contribution is -2.47. The number of hydrogen-bond acceptors (Lipinski definition) is 5. The van der Waals surface area contributed by atoms with Gasteiger partial charge in [-0.05, 0) is 36.0 Å². The van der Waals surface area contributed by atoms with E-state index in [0.717, 1.165) is 0 Å². The smallest absolute Gasteiger partial charge is 0.265 e. The summed E-state index contributed by atoms with van der Waals surface area (Å²) in [5.74, 6) is 0.118.